The zero-order valence-corrected chi connectivity index (χ0v) is 14.5. The van der Waals surface area contributed by atoms with Gasteiger partial charge in [0.1, 0.15) is 36.9 Å². The molecule has 2 aromatic carbocycles. The maximum Gasteiger partial charge on any atom is 0.385 e. The molecule has 0 saturated carbocycles. The first kappa shape index (κ1) is 20.1. The number of hydrogen-bond donors (Lipinski definition) is 2. The van der Waals surface area contributed by atoms with E-state index in [1.165, 1.54) is 0 Å². The SMILES string of the molecule is N#[N+]c1ccc(OCC(O)COCC(O)COc2ccc([N+]#N)cc2)cc1. The van der Waals surface area contributed by atoms with Crippen LogP contribution in [0.4, 0.5) is 11.4 Å². The second kappa shape index (κ2) is 10.7. The molecular weight excluding hydrogens is 352 g/mol. The van der Waals surface area contributed by atoms with Crippen molar-refractivity contribution < 1.29 is 24.4 Å². The minimum Gasteiger partial charge on any atom is -0.491 e. The summed E-state index contributed by atoms with van der Waals surface area (Å²) >= 11 is 0. The highest BCUT2D eigenvalue weighted by Gasteiger charge is 2.11. The van der Waals surface area contributed by atoms with E-state index in [1.54, 1.807) is 48.5 Å². The average molecular weight is 372 g/mol. The van der Waals surface area contributed by atoms with E-state index in [4.69, 9.17) is 25.0 Å². The summed E-state index contributed by atoms with van der Waals surface area (Å²) in [6.07, 6.45) is -1.73. The standard InChI is InChI=1S/C18H20N4O5/c19-21-13-1-5-17(6-2-13)26-11-15(23)9-25-10-16(24)12-27-18-7-3-14(22-20)4-8-18/h1-8,15-16,23-24H,9-12H2/q+2. The molecule has 0 aliphatic heterocycles. The van der Waals surface area contributed by atoms with Gasteiger partial charge in [-0.3, -0.25) is 0 Å². The summed E-state index contributed by atoms with van der Waals surface area (Å²) < 4.78 is 16.0. The lowest BCUT2D eigenvalue weighted by Crippen LogP contribution is -2.28. The fourth-order valence-corrected chi connectivity index (χ4v) is 2.04. The van der Waals surface area contributed by atoms with Crippen molar-refractivity contribution in [2.45, 2.75) is 12.2 Å². The fourth-order valence-electron chi connectivity index (χ4n) is 2.04. The Morgan fingerprint density at radius 1 is 0.667 bits per heavy atom. The third kappa shape index (κ3) is 7.26. The molecular formula is C18H20N4O5+2. The molecule has 0 spiro atoms. The van der Waals surface area contributed by atoms with E-state index in [1.807, 2.05) is 0 Å². The van der Waals surface area contributed by atoms with Crippen LogP contribution in [0.25, 0.3) is 9.95 Å². The molecule has 0 aliphatic carbocycles. The van der Waals surface area contributed by atoms with Crippen molar-refractivity contribution in [3.8, 4) is 11.5 Å². The molecule has 27 heavy (non-hydrogen) atoms. The van der Waals surface area contributed by atoms with Gasteiger partial charge in [-0.15, -0.1) is 0 Å². The Bertz CT molecular complexity index is 716. The topological polar surface area (TPSA) is 124 Å². The van der Waals surface area contributed by atoms with E-state index in [2.05, 4.69) is 9.95 Å². The Morgan fingerprint density at radius 2 is 1.04 bits per heavy atom. The number of hydrogen-bond acceptors (Lipinski definition) is 7. The maximum atomic E-state index is 9.83. The predicted molar refractivity (Wildman–Crippen MR) is 96.2 cm³/mol. The van der Waals surface area contributed by atoms with E-state index in [-0.39, 0.29) is 26.4 Å². The predicted octanol–water partition coefficient (Wildman–Crippen LogP) is 2.85. The first-order chi connectivity index (χ1) is 13.1. The summed E-state index contributed by atoms with van der Waals surface area (Å²) in [6, 6.07) is 12.7. The van der Waals surface area contributed by atoms with Gasteiger partial charge in [-0.2, -0.15) is 0 Å². The first-order valence-electron chi connectivity index (χ1n) is 8.20. The molecule has 2 rings (SSSR count). The van der Waals surface area contributed by atoms with Gasteiger partial charge in [-0.25, -0.2) is 0 Å². The molecule has 0 saturated heterocycles. The van der Waals surface area contributed by atoms with Crippen LogP contribution in [0.15, 0.2) is 48.5 Å². The van der Waals surface area contributed by atoms with Crippen LogP contribution in [-0.4, -0.2) is 48.8 Å². The van der Waals surface area contributed by atoms with Crippen LogP contribution < -0.4 is 9.47 Å². The second-order valence-electron chi connectivity index (χ2n) is 5.65. The van der Waals surface area contributed by atoms with Crippen LogP contribution in [0.1, 0.15) is 0 Å². The van der Waals surface area contributed by atoms with E-state index in [0.29, 0.717) is 22.9 Å². The zero-order chi connectivity index (χ0) is 19.5. The largest absolute Gasteiger partial charge is 0.491 e. The number of aliphatic hydroxyl groups is 2. The minimum absolute atomic E-state index is 0.00613. The number of benzene rings is 2. The van der Waals surface area contributed by atoms with E-state index in [9.17, 15) is 10.2 Å². The van der Waals surface area contributed by atoms with Gasteiger partial charge in [0, 0.05) is 24.3 Å². The number of nitrogens with zero attached hydrogens (tertiary/aromatic N) is 4. The molecule has 0 bridgehead atoms. The summed E-state index contributed by atoms with van der Waals surface area (Å²) in [6.45, 7) is 0.0244. The molecule has 2 aromatic rings. The molecule has 0 aliphatic rings. The number of diazo groups is 2. The number of ether oxygens (including phenoxy) is 3. The highest BCUT2D eigenvalue weighted by Crippen LogP contribution is 2.18. The highest BCUT2D eigenvalue weighted by molar-refractivity contribution is 5.47. The fraction of sp³-hybridized carbons (Fsp3) is 0.333. The van der Waals surface area contributed by atoms with Crippen LogP contribution in [0, 0.1) is 10.8 Å². The second-order valence-corrected chi connectivity index (χ2v) is 5.65. The summed E-state index contributed by atoms with van der Waals surface area (Å²) in [5.41, 5.74) is 0.809. The van der Waals surface area contributed by atoms with Gasteiger partial charge in [0.15, 0.2) is 9.95 Å². The Hall–Kier alpha value is -3.24. The molecule has 0 fully saturated rings. The molecule has 140 valence electrons. The van der Waals surface area contributed by atoms with Crippen molar-refractivity contribution in [1.29, 1.82) is 10.8 Å². The zero-order valence-electron chi connectivity index (χ0n) is 14.5. The van der Waals surface area contributed by atoms with Crippen LogP contribution in [0.5, 0.6) is 11.5 Å². The normalized spacial score (nSPS) is 12.4. The summed E-state index contributed by atoms with van der Waals surface area (Å²) in [4.78, 5) is 6.07. The maximum absolute atomic E-state index is 9.83. The van der Waals surface area contributed by atoms with Gasteiger partial charge in [-0.1, -0.05) is 0 Å². The molecule has 2 atom stereocenters. The monoisotopic (exact) mass is 372 g/mol. The summed E-state index contributed by atoms with van der Waals surface area (Å²) in [7, 11) is 0. The summed E-state index contributed by atoms with van der Waals surface area (Å²) in [5.74, 6) is 1.05. The third-order valence-corrected chi connectivity index (χ3v) is 3.41. The van der Waals surface area contributed by atoms with E-state index < -0.39 is 12.2 Å². The molecule has 0 aromatic heterocycles. The van der Waals surface area contributed by atoms with Crippen molar-refractivity contribution in [1.82, 2.24) is 0 Å². The molecule has 2 N–H and O–H groups in total. The van der Waals surface area contributed by atoms with Crippen molar-refractivity contribution in [3.63, 3.8) is 0 Å². The van der Waals surface area contributed by atoms with Crippen molar-refractivity contribution in [2.24, 2.45) is 0 Å². The van der Waals surface area contributed by atoms with Crippen LogP contribution in [0.2, 0.25) is 0 Å². The quantitative estimate of drug-likeness (QED) is 0.614. The van der Waals surface area contributed by atoms with Crippen LogP contribution >= 0.6 is 0 Å². The van der Waals surface area contributed by atoms with E-state index >= 15 is 0 Å². The first-order valence-corrected chi connectivity index (χ1v) is 8.20. The third-order valence-electron chi connectivity index (χ3n) is 3.41. The van der Waals surface area contributed by atoms with Gasteiger partial charge < -0.3 is 24.4 Å². The average Bonchev–Trinajstić information content (AvgIpc) is 2.71. The van der Waals surface area contributed by atoms with E-state index in [0.717, 1.165) is 0 Å². The molecule has 9 nitrogen and oxygen atoms in total. The lowest BCUT2D eigenvalue weighted by atomic mass is 10.3. The van der Waals surface area contributed by atoms with Crippen molar-refractivity contribution in [3.05, 3.63) is 58.5 Å². The van der Waals surface area contributed by atoms with Gasteiger partial charge in [0.2, 0.25) is 10.8 Å². The van der Waals surface area contributed by atoms with Crippen molar-refractivity contribution in [2.75, 3.05) is 26.4 Å². The smallest absolute Gasteiger partial charge is 0.385 e. The number of rotatable bonds is 10. The summed E-state index contributed by atoms with van der Waals surface area (Å²) in [5, 5.41) is 36.9. The lowest BCUT2D eigenvalue weighted by molar-refractivity contribution is -0.0308. The lowest BCUT2D eigenvalue weighted by Gasteiger charge is -2.15. The minimum atomic E-state index is -0.866. The van der Waals surface area contributed by atoms with Crippen molar-refractivity contribution >= 4 is 11.4 Å². The van der Waals surface area contributed by atoms with Gasteiger partial charge in [0.05, 0.1) is 13.2 Å². The van der Waals surface area contributed by atoms with Crippen LogP contribution in [0.3, 0.4) is 0 Å². The van der Waals surface area contributed by atoms with Gasteiger partial charge >= 0.3 is 11.4 Å². The van der Waals surface area contributed by atoms with Gasteiger partial charge in [0.25, 0.3) is 0 Å². The molecule has 9 heteroatoms. The Kier molecular flexibility index (Phi) is 7.94. The van der Waals surface area contributed by atoms with Gasteiger partial charge in [-0.05, 0) is 24.3 Å². The molecule has 0 amide bonds. The molecule has 0 heterocycles. The van der Waals surface area contributed by atoms with Crippen LogP contribution in [-0.2, 0) is 4.74 Å². The Labute approximate surface area is 156 Å². The molecule has 2 unspecified atom stereocenters. The Morgan fingerprint density at radius 3 is 1.37 bits per heavy atom. The molecule has 0 radical (unpaired) electrons. The Balaban J connectivity index is 1.60. The highest BCUT2D eigenvalue weighted by atomic mass is 16.5. The number of aliphatic hydroxyl groups excluding tert-OH is 2.